The molecule has 2 rings (SSSR count). The van der Waals surface area contributed by atoms with Crippen molar-refractivity contribution in [2.24, 2.45) is 0 Å². The molecule has 2 N–H and O–H groups in total. The Bertz CT molecular complexity index is 389. The van der Waals surface area contributed by atoms with Crippen molar-refractivity contribution in [3.05, 3.63) is 23.7 Å². The Morgan fingerprint density at radius 2 is 2.35 bits per heavy atom. The summed E-state index contributed by atoms with van der Waals surface area (Å²) >= 11 is 0. The van der Waals surface area contributed by atoms with Crippen molar-refractivity contribution >= 4 is 5.97 Å². The summed E-state index contributed by atoms with van der Waals surface area (Å²) in [4.78, 5) is 10.6. The van der Waals surface area contributed by atoms with Gasteiger partial charge in [-0.1, -0.05) is 0 Å². The van der Waals surface area contributed by atoms with E-state index in [-0.39, 0.29) is 11.4 Å². The highest BCUT2D eigenvalue weighted by molar-refractivity contribution is 5.84. The van der Waals surface area contributed by atoms with Gasteiger partial charge in [0.15, 0.2) is 0 Å². The van der Waals surface area contributed by atoms with E-state index in [1.807, 2.05) is 0 Å². The minimum atomic E-state index is -1.04. The Hall–Kier alpha value is -1.33. The summed E-state index contributed by atoms with van der Waals surface area (Å²) in [6, 6.07) is 3.14. The van der Waals surface area contributed by atoms with Crippen molar-refractivity contribution in [1.82, 2.24) is 5.32 Å². The van der Waals surface area contributed by atoms with Gasteiger partial charge in [-0.3, -0.25) is 0 Å². The van der Waals surface area contributed by atoms with Gasteiger partial charge in [0.05, 0.1) is 12.1 Å². The van der Waals surface area contributed by atoms with Crippen LogP contribution in [0.3, 0.4) is 0 Å². The predicted molar refractivity (Wildman–Crippen MR) is 61.0 cm³/mol. The second-order valence-electron chi connectivity index (χ2n) is 4.42. The van der Waals surface area contributed by atoms with Crippen LogP contribution in [0.1, 0.15) is 35.6 Å². The van der Waals surface area contributed by atoms with Gasteiger partial charge in [0, 0.05) is 13.7 Å². The Labute approximate surface area is 99.8 Å². The highest BCUT2D eigenvalue weighted by Crippen LogP contribution is 2.34. The van der Waals surface area contributed by atoms with Crippen molar-refractivity contribution in [3.63, 3.8) is 0 Å². The first-order chi connectivity index (χ1) is 8.15. The van der Waals surface area contributed by atoms with Gasteiger partial charge < -0.3 is 19.6 Å². The van der Waals surface area contributed by atoms with E-state index in [2.05, 4.69) is 5.32 Å². The average molecular weight is 239 g/mol. The molecule has 0 atom stereocenters. The molecule has 5 heteroatoms. The van der Waals surface area contributed by atoms with Gasteiger partial charge in [0.25, 0.3) is 0 Å². The van der Waals surface area contributed by atoms with Gasteiger partial charge in [-0.05, 0) is 31.4 Å². The zero-order chi connectivity index (χ0) is 12.3. The molecule has 1 aromatic heterocycles. The van der Waals surface area contributed by atoms with E-state index >= 15 is 0 Å². The molecule has 0 aliphatic heterocycles. The molecule has 17 heavy (non-hydrogen) atoms. The fourth-order valence-electron chi connectivity index (χ4n) is 2.03. The molecular formula is C12H17NO4. The standard InChI is InChI=1S/C12H17NO4/c1-16-12(5-2-6-12)8-13-7-9-3-4-10(17-9)11(14)15/h3-4,13H,2,5-8H2,1H3,(H,14,15). The molecule has 1 aliphatic carbocycles. The molecule has 0 radical (unpaired) electrons. The zero-order valence-corrected chi connectivity index (χ0v) is 9.86. The number of furan rings is 1. The van der Waals surface area contributed by atoms with Gasteiger partial charge in [0.1, 0.15) is 5.76 Å². The highest BCUT2D eigenvalue weighted by Gasteiger charge is 2.36. The van der Waals surface area contributed by atoms with Gasteiger partial charge in [-0.2, -0.15) is 0 Å². The molecule has 0 bridgehead atoms. The number of rotatable bonds is 6. The molecule has 94 valence electrons. The number of carboxylic acid groups (broad SMARTS) is 1. The second kappa shape index (κ2) is 4.89. The van der Waals surface area contributed by atoms with E-state index in [1.54, 1.807) is 13.2 Å². The number of hydrogen-bond acceptors (Lipinski definition) is 4. The Balaban J connectivity index is 1.79. The summed E-state index contributed by atoms with van der Waals surface area (Å²) in [6.07, 6.45) is 3.36. The summed E-state index contributed by atoms with van der Waals surface area (Å²) < 4.78 is 10.6. The molecule has 1 heterocycles. The maximum Gasteiger partial charge on any atom is 0.371 e. The molecule has 1 fully saturated rings. The lowest BCUT2D eigenvalue weighted by molar-refractivity contribution is -0.0697. The minimum Gasteiger partial charge on any atom is -0.475 e. The van der Waals surface area contributed by atoms with Crippen molar-refractivity contribution in [1.29, 1.82) is 0 Å². The fraction of sp³-hybridized carbons (Fsp3) is 0.583. The van der Waals surface area contributed by atoms with Crippen LogP contribution in [-0.2, 0) is 11.3 Å². The first-order valence-electron chi connectivity index (χ1n) is 5.73. The third-order valence-electron chi connectivity index (χ3n) is 3.32. The van der Waals surface area contributed by atoms with Crippen LogP contribution in [0.25, 0.3) is 0 Å². The van der Waals surface area contributed by atoms with Crippen LogP contribution >= 0.6 is 0 Å². The van der Waals surface area contributed by atoms with Gasteiger partial charge in [-0.15, -0.1) is 0 Å². The molecule has 0 amide bonds. The van der Waals surface area contributed by atoms with Gasteiger partial charge in [-0.25, -0.2) is 4.79 Å². The van der Waals surface area contributed by atoms with Crippen LogP contribution in [0.2, 0.25) is 0 Å². The zero-order valence-electron chi connectivity index (χ0n) is 9.86. The first-order valence-corrected chi connectivity index (χ1v) is 5.73. The molecule has 1 saturated carbocycles. The Kier molecular flexibility index (Phi) is 3.49. The quantitative estimate of drug-likeness (QED) is 0.789. The van der Waals surface area contributed by atoms with E-state index in [0.717, 1.165) is 19.4 Å². The number of carboxylic acids is 1. The van der Waals surface area contributed by atoms with E-state index in [9.17, 15) is 4.79 Å². The third-order valence-corrected chi connectivity index (χ3v) is 3.32. The largest absolute Gasteiger partial charge is 0.475 e. The van der Waals surface area contributed by atoms with Crippen molar-refractivity contribution in [2.45, 2.75) is 31.4 Å². The summed E-state index contributed by atoms with van der Waals surface area (Å²) in [5.74, 6) is -0.427. The van der Waals surface area contributed by atoms with E-state index in [0.29, 0.717) is 12.3 Å². The van der Waals surface area contributed by atoms with Crippen LogP contribution in [0, 0.1) is 0 Å². The van der Waals surface area contributed by atoms with Gasteiger partial charge in [0.2, 0.25) is 5.76 Å². The first kappa shape index (κ1) is 12.1. The summed E-state index contributed by atoms with van der Waals surface area (Å²) in [5.41, 5.74) is -0.0256. The lowest BCUT2D eigenvalue weighted by atomic mass is 9.80. The third kappa shape index (κ3) is 2.68. The smallest absolute Gasteiger partial charge is 0.371 e. The second-order valence-corrected chi connectivity index (χ2v) is 4.42. The summed E-state index contributed by atoms with van der Waals surface area (Å²) in [6.45, 7) is 1.30. The van der Waals surface area contributed by atoms with Crippen molar-refractivity contribution in [3.8, 4) is 0 Å². The lowest BCUT2D eigenvalue weighted by Gasteiger charge is -2.40. The van der Waals surface area contributed by atoms with E-state index in [4.69, 9.17) is 14.3 Å². The fourth-order valence-corrected chi connectivity index (χ4v) is 2.03. The number of ether oxygens (including phenoxy) is 1. The predicted octanol–water partition coefficient (Wildman–Crippen LogP) is 1.64. The number of aromatic carboxylic acids is 1. The van der Waals surface area contributed by atoms with Gasteiger partial charge >= 0.3 is 5.97 Å². The summed E-state index contributed by atoms with van der Waals surface area (Å²) in [7, 11) is 1.73. The monoisotopic (exact) mass is 239 g/mol. The SMILES string of the molecule is COC1(CNCc2ccc(C(=O)O)o2)CCC1. The summed E-state index contributed by atoms with van der Waals surface area (Å²) in [5, 5.41) is 11.9. The maximum atomic E-state index is 10.6. The number of nitrogens with one attached hydrogen (secondary N) is 1. The molecule has 5 nitrogen and oxygen atoms in total. The molecule has 0 saturated heterocycles. The van der Waals surface area contributed by atoms with Crippen LogP contribution in [0.15, 0.2) is 16.5 Å². The molecule has 0 unspecified atom stereocenters. The normalized spacial score (nSPS) is 17.7. The topological polar surface area (TPSA) is 71.7 Å². The molecular weight excluding hydrogens is 222 g/mol. The van der Waals surface area contributed by atoms with Crippen molar-refractivity contribution < 1.29 is 19.1 Å². The van der Waals surface area contributed by atoms with Crippen LogP contribution in [-0.4, -0.2) is 30.3 Å². The number of methoxy groups -OCH3 is 1. The molecule has 0 spiro atoms. The van der Waals surface area contributed by atoms with Crippen LogP contribution in [0.5, 0.6) is 0 Å². The highest BCUT2D eigenvalue weighted by atomic mass is 16.5. The average Bonchev–Trinajstić information content (AvgIpc) is 2.71. The number of hydrogen-bond donors (Lipinski definition) is 2. The molecule has 0 aromatic carbocycles. The maximum absolute atomic E-state index is 10.6. The Morgan fingerprint density at radius 1 is 1.59 bits per heavy atom. The van der Waals surface area contributed by atoms with Crippen molar-refractivity contribution in [2.75, 3.05) is 13.7 Å². The van der Waals surface area contributed by atoms with E-state index < -0.39 is 5.97 Å². The van der Waals surface area contributed by atoms with E-state index in [1.165, 1.54) is 12.5 Å². The minimum absolute atomic E-state index is 0.0214. The lowest BCUT2D eigenvalue weighted by Crippen LogP contribution is -2.47. The molecule has 1 aromatic rings. The Morgan fingerprint density at radius 3 is 2.82 bits per heavy atom. The number of carbonyl (C=O) groups is 1. The molecule has 1 aliphatic rings. The van der Waals surface area contributed by atoms with Crippen LogP contribution in [0.4, 0.5) is 0 Å². The van der Waals surface area contributed by atoms with Crippen LogP contribution < -0.4 is 5.32 Å².